The summed E-state index contributed by atoms with van der Waals surface area (Å²) in [5.41, 5.74) is 0. The highest BCUT2D eigenvalue weighted by Crippen LogP contribution is 2.34. The molecule has 2 aromatic rings. The molecule has 0 unspecified atom stereocenters. The Morgan fingerprint density at radius 3 is 2.64 bits per heavy atom. The molecule has 3 heteroatoms. The first-order valence-corrected chi connectivity index (χ1v) is 5.57. The molecule has 0 nitrogen and oxygen atoms in total. The molecule has 0 aliphatic carbocycles. The van der Waals surface area contributed by atoms with Crippen LogP contribution in [0.4, 0.5) is 0 Å². The fourth-order valence-electron chi connectivity index (χ4n) is 0.991. The first-order chi connectivity index (χ1) is 5.29. The van der Waals surface area contributed by atoms with Gasteiger partial charge in [0.25, 0.3) is 0 Å². The van der Waals surface area contributed by atoms with Crippen molar-refractivity contribution in [2.45, 2.75) is 0 Å². The summed E-state index contributed by atoms with van der Waals surface area (Å²) in [6.07, 6.45) is 0. The minimum Gasteiger partial charge on any atom is -0.141 e. The van der Waals surface area contributed by atoms with Gasteiger partial charge in [-0.15, -0.1) is 11.3 Å². The Bertz CT molecular complexity index is 392. The number of thiophene rings is 1. The quantitative estimate of drug-likeness (QED) is 0.674. The fourth-order valence-corrected chi connectivity index (χ4v) is 3.21. The molecular formula is C8H4Br2S. The summed E-state index contributed by atoms with van der Waals surface area (Å²) < 4.78 is 3.66. The molecule has 0 bridgehead atoms. The Labute approximate surface area is 85.5 Å². The van der Waals surface area contributed by atoms with E-state index in [-0.39, 0.29) is 0 Å². The van der Waals surface area contributed by atoms with Gasteiger partial charge >= 0.3 is 0 Å². The van der Waals surface area contributed by atoms with Gasteiger partial charge in [-0.05, 0) is 37.9 Å². The molecule has 0 spiro atoms. The standard InChI is InChI=1S/C8H4Br2S/c9-6-3-1-2-5-7(10)4-11-8(5)6/h1-4H. The van der Waals surface area contributed by atoms with Gasteiger partial charge in [0.2, 0.25) is 0 Å². The molecule has 0 aliphatic heterocycles. The molecule has 1 heterocycles. The zero-order valence-corrected chi connectivity index (χ0v) is 9.46. The smallest absolute Gasteiger partial charge is 0.0496 e. The molecule has 0 saturated carbocycles. The average molecular weight is 292 g/mol. The van der Waals surface area contributed by atoms with Crippen LogP contribution in [0.3, 0.4) is 0 Å². The Kier molecular flexibility index (Phi) is 2.04. The maximum absolute atomic E-state index is 3.50. The molecule has 11 heavy (non-hydrogen) atoms. The zero-order chi connectivity index (χ0) is 7.84. The maximum atomic E-state index is 3.50. The monoisotopic (exact) mass is 290 g/mol. The Morgan fingerprint density at radius 2 is 1.91 bits per heavy atom. The van der Waals surface area contributed by atoms with Crippen molar-refractivity contribution >= 4 is 53.3 Å². The molecule has 1 aromatic heterocycles. The Hall–Kier alpha value is 0.140. The molecule has 1 aromatic carbocycles. The van der Waals surface area contributed by atoms with Crippen LogP contribution in [0.25, 0.3) is 10.1 Å². The van der Waals surface area contributed by atoms with Gasteiger partial charge in [0.05, 0.1) is 0 Å². The van der Waals surface area contributed by atoms with Crippen LogP contribution in [0.5, 0.6) is 0 Å². The second-order valence-corrected chi connectivity index (χ2v) is 4.79. The molecular weight excluding hydrogens is 288 g/mol. The van der Waals surface area contributed by atoms with Crippen molar-refractivity contribution in [3.05, 3.63) is 32.5 Å². The van der Waals surface area contributed by atoms with Crippen LogP contribution in [-0.4, -0.2) is 0 Å². The van der Waals surface area contributed by atoms with Gasteiger partial charge < -0.3 is 0 Å². The molecule has 0 saturated heterocycles. The summed E-state index contributed by atoms with van der Waals surface area (Å²) in [5, 5.41) is 3.39. The van der Waals surface area contributed by atoms with Crippen molar-refractivity contribution in [3.63, 3.8) is 0 Å². The molecule has 0 fully saturated rings. The van der Waals surface area contributed by atoms with Gasteiger partial charge in [-0.3, -0.25) is 0 Å². The van der Waals surface area contributed by atoms with E-state index >= 15 is 0 Å². The van der Waals surface area contributed by atoms with E-state index in [0.717, 1.165) is 0 Å². The molecule has 0 N–H and O–H groups in total. The Morgan fingerprint density at radius 1 is 1.09 bits per heavy atom. The van der Waals surface area contributed by atoms with Crippen molar-refractivity contribution < 1.29 is 0 Å². The maximum Gasteiger partial charge on any atom is 0.0496 e. The lowest BCUT2D eigenvalue weighted by molar-refractivity contribution is 1.78. The lowest BCUT2D eigenvalue weighted by Crippen LogP contribution is -1.64. The highest BCUT2D eigenvalue weighted by Gasteiger charge is 2.02. The summed E-state index contributed by atoms with van der Waals surface area (Å²) in [6.45, 7) is 0. The normalized spacial score (nSPS) is 10.7. The second-order valence-electron chi connectivity index (χ2n) is 2.20. The predicted molar refractivity (Wildman–Crippen MR) is 57.2 cm³/mol. The van der Waals surface area contributed by atoms with E-state index in [1.165, 1.54) is 19.0 Å². The third kappa shape index (κ3) is 1.25. The summed E-state index contributed by atoms with van der Waals surface area (Å²) in [4.78, 5) is 0. The summed E-state index contributed by atoms with van der Waals surface area (Å²) in [6, 6.07) is 6.22. The van der Waals surface area contributed by atoms with E-state index < -0.39 is 0 Å². The first kappa shape index (κ1) is 7.77. The van der Waals surface area contributed by atoms with Gasteiger partial charge in [-0.2, -0.15) is 0 Å². The number of benzene rings is 1. The van der Waals surface area contributed by atoms with Crippen molar-refractivity contribution in [1.29, 1.82) is 0 Å². The van der Waals surface area contributed by atoms with E-state index in [1.54, 1.807) is 11.3 Å². The largest absolute Gasteiger partial charge is 0.141 e. The van der Waals surface area contributed by atoms with Gasteiger partial charge in [0, 0.05) is 24.4 Å². The summed E-state index contributed by atoms with van der Waals surface area (Å²) in [7, 11) is 0. The van der Waals surface area contributed by atoms with Gasteiger partial charge in [0.15, 0.2) is 0 Å². The second kappa shape index (κ2) is 2.88. The average Bonchev–Trinajstić information content (AvgIpc) is 2.35. The van der Waals surface area contributed by atoms with Gasteiger partial charge in [-0.25, -0.2) is 0 Å². The zero-order valence-electron chi connectivity index (χ0n) is 5.47. The number of hydrogen-bond donors (Lipinski definition) is 0. The predicted octanol–water partition coefficient (Wildman–Crippen LogP) is 4.43. The SMILES string of the molecule is Brc1csc2c(Br)cccc12. The highest BCUT2D eigenvalue weighted by molar-refractivity contribution is 9.11. The topological polar surface area (TPSA) is 0 Å². The van der Waals surface area contributed by atoms with Crippen molar-refractivity contribution in [2.24, 2.45) is 0 Å². The third-order valence-corrected chi connectivity index (χ3v) is 4.42. The van der Waals surface area contributed by atoms with E-state index in [1.807, 2.05) is 6.07 Å². The number of fused-ring (bicyclic) bond motifs is 1. The van der Waals surface area contributed by atoms with E-state index in [4.69, 9.17) is 0 Å². The van der Waals surface area contributed by atoms with Gasteiger partial charge in [0.1, 0.15) is 0 Å². The molecule has 56 valence electrons. The number of hydrogen-bond acceptors (Lipinski definition) is 1. The van der Waals surface area contributed by atoms with Crippen molar-refractivity contribution in [1.82, 2.24) is 0 Å². The van der Waals surface area contributed by atoms with Crippen LogP contribution in [0.15, 0.2) is 32.5 Å². The molecule has 0 amide bonds. The minimum absolute atomic E-state index is 1.17. The van der Waals surface area contributed by atoms with Crippen LogP contribution >= 0.6 is 43.2 Å². The van der Waals surface area contributed by atoms with Gasteiger partial charge in [-0.1, -0.05) is 12.1 Å². The van der Waals surface area contributed by atoms with E-state index in [2.05, 4.69) is 49.4 Å². The van der Waals surface area contributed by atoms with E-state index in [0.29, 0.717) is 0 Å². The minimum atomic E-state index is 1.17. The van der Waals surface area contributed by atoms with Crippen molar-refractivity contribution in [3.8, 4) is 0 Å². The number of halogens is 2. The summed E-state index contributed by atoms with van der Waals surface area (Å²) in [5.74, 6) is 0. The highest BCUT2D eigenvalue weighted by atomic mass is 79.9. The number of rotatable bonds is 0. The first-order valence-electron chi connectivity index (χ1n) is 3.10. The van der Waals surface area contributed by atoms with Crippen LogP contribution < -0.4 is 0 Å². The lowest BCUT2D eigenvalue weighted by atomic mass is 10.3. The Balaban J connectivity index is 2.94. The summed E-state index contributed by atoms with van der Waals surface area (Å²) >= 11 is 8.74. The van der Waals surface area contributed by atoms with E-state index in [9.17, 15) is 0 Å². The molecule has 2 rings (SSSR count). The molecule has 0 atom stereocenters. The van der Waals surface area contributed by atoms with Crippen LogP contribution in [0, 0.1) is 0 Å². The molecule has 0 aliphatic rings. The third-order valence-electron chi connectivity index (χ3n) is 1.50. The molecule has 0 radical (unpaired) electrons. The van der Waals surface area contributed by atoms with Crippen molar-refractivity contribution in [2.75, 3.05) is 0 Å². The lowest BCUT2D eigenvalue weighted by Gasteiger charge is -1.91. The van der Waals surface area contributed by atoms with Crippen LogP contribution in [-0.2, 0) is 0 Å². The fraction of sp³-hybridized carbons (Fsp3) is 0. The van der Waals surface area contributed by atoms with Crippen LogP contribution in [0.1, 0.15) is 0 Å². The van der Waals surface area contributed by atoms with Crippen LogP contribution in [0.2, 0.25) is 0 Å².